The highest BCUT2D eigenvalue weighted by Gasteiger charge is 2.15. The number of ether oxygens (including phenoxy) is 1. The second kappa shape index (κ2) is 8.56. The van der Waals surface area contributed by atoms with Crippen molar-refractivity contribution in [3.63, 3.8) is 0 Å². The van der Waals surface area contributed by atoms with Crippen LogP contribution in [0.3, 0.4) is 0 Å². The van der Waals surface area contributed by atoms with Crippen molar-refractivity contribution >= 4 is 34.9 Å². The number of aromatic nitrogens is 2. The van der Waals surface area contributed by atoms with Gasteiger partial charge in [-0.3, -0.25) is 4.79 Å². The summed E-state index contributed by atoms with van der Waals surface area (Å²) in [6.45, 7) is 4.47. The third-order valence-corrected chi connectivity index (χ3v) is 4.61. The number of rotatable bonds is 6. The molecule has 2 aromatic rings. The van der Waals surface area contributed by atoms with Gasteiger partial charge in [-0.15, -0.1) is 0 Å². The zero-order valence-electron chi connectivity index (χ0n) is 14.5. The highest BCUT2D eigenvalue weighted by molar-refractivity contribution is 6.35. The molecule has 0 saturated carbocycles. The van der Waals surface area contributed by atoms with Crippen LogP contribution in [0.4, 0.5) is 5.82 Å². The summed E-state index contributed by atoms with van der Waals surface area (Å²) in [6, 6.07) is 6.61. The average molecular weight is 395 g/mol. The molecule has 0 spiro atoms. The van der Waals surface area contributed by atoms with Crippen molar-refractivity contribution < 1.29 is 9.53 Å². The maximum atomic E-state index is 12.2. The lowest BCUT2D eigenvalue weighted by atomic mass is 10.2. The lowest BCUT2D eigenvalue weighted by molar-refractivity contribution is 0.0946. The number of benzene rings is 1. The molecule has 0 bridgehead atoms. The molecule has 1 fully saturated rings. The van der Waals surface area contributed by atoms with Crippen molar-refractivity contribution in [2.75, 3.05) is 31.1 Å². The predicted octanol–water partition coefficient (Wildman–Crippen LogP) is 3.50. The first-order chi connectivity index (χ1) is 12.5. The Hall–Kier alpha value is -2.05. The summed E-state index contributed by atoms with van der Waals surface area (Å²) in [7, 11) is 0. The van der Waals surface area contributed by atoms with Crippen LogP contribution in [-0.4, -0.2) is 42.1 Å². The second-order valence-electron chi connectivity index (χ2n) is 6.03. The Morgan fingerprint density at radius 2 is 2.00 bits per heavy atom. The van der Waals surface area contributed by atoms with Crippen LogP contribution >= 0.6 is 23.2 Å². The van der Waals surface area contributed by atoms with Gasteiger partial charge in [-0.2, -0.15) is 4.98 Å². The van der Waals surface area contributed by atoms with Gasteiger partial charge in [0.25, 0.3) is 5.91 Å². The first-order valence-electron chi connectivity index (χ1n) is 8.49. The van der Waals surface area contributed by atoms with Crippen LogP contribution < -0.4 is 15.0 Å². The van der Waals surface area contributed by atoms with Crippen LogP contribution in [-0.2, 0) is 0 Å². The lowest BCUT2D eigenvalue weighted by Gasteiger charge is -2.17. The standard InChI is InChI=1S/C18H20Cl2N4O2/c1-12-22-16(24-7-2-3-8-24)11-17(23-12)26-9-6-21-18(25)14-10-13(19)4-5-15(14)20/h4-5,10-11H,2-3,6-9H2,1H3,(H,21,25). The molecule has 0 radical (unpaired) electrons. The Labute approximate surface area is 162 Å². The third-order valence-electron chi connectivity index (χ3n) is 4.04. The van der Waals surface area contributed by atoms with Crippen LogP contribution in [0.1, 0.15) is 29.0 Å². The van der Waals surface area contributed by atoms with Crippen LogP contribution in [0.5, 0.6) is 5.88 Å². The minimum atomic E-state index is -0.294. The zero-order chi connectivity index (χ0) is 18.5. The molecule has 1 N–H and O–H groups in total. The molecule has 1 aromatic heterocycles. The van der Waals surface area contributed by atoms with Crippen LogP contribution in [0.25, 0.3) is 0 Å². The molecule has 1 saturated heterocycles. The average Bonchev–Trinajstić information content (AvgIpc) is 3.15. The topological polar surface area (TPSA) is 67.3 Å². The Balaban J connectivity index is 1.53. The molecule has 2 heterocycles. The van der Waals surface area contributed by atoms with Crippen LogP contribution in [0, 0.1) is 6.92 Å². The van der Waals surface area contributed by atoms with E-state index in [1.165, 1.54) is 18.9 Å². The normalized spacial score (nSPS) is 13.7. The van der Waals surface area contributed by atoms with E-state index in [1.54, 1.807) is 12.1 Å². The number of hydrogen-bond acceptors (Lipinski definition) is 5. The van der Waals surface area contributed by atoms with Gasteiger partial charge in [0.2, 0.25) is 5.88 Å². The summed E-state index contributed by atoms with van der Waals surface area (Å²) in [5.74, 6) is 1.77. The van der Waals surface area contributed by atoms with Gasteiger partial charge in [-0.1, -0.05) is 23.2 Å². The van der Waals surface area contributed by atoms with Gasteiger partial charge >= 0.3 is 0 Å². The quantitative estimate of drug-likeness (QED) is 0.759. The molecule has 8 heteroatoms. The SMILES string of the molecule is Cc1nc(OCCNC(=O)c2cc(Cl)ccc2Cl)cc(N2CCCC2)n1. The molecular formula is C18H20Cl2N4O2. The fourth-order valence-corrected chi connectivity index (χ4v) is 3.17. The van der Waals surface area contributed by atoms with Crippen molar-refractivity contribution in [1.82, 2.24) is 15.3 Å². The van der Waals surface area contributed by atoms with Crippen molar-refractivity contribution in [2.24, 2.45) is 0 Å². The summed E-state index contributed by atoms with van der Waals surface area (Å²) >= 11 is 11.9. The molecule has 1 aromatic carbocycles. The summed E-state index contributed by atoms with van der Waals surface area (Å²) in [6.07, 6.45) is 2.36. The number of amides is 1. The Morgan fingerprint density at radius 1 is 1.23 bits per heavy atom. The van der Waals surface area contributed by atoms with E-state index in [4.69, 9.17) is 27.9 Å². The fraction of sp³-hybridized carbons (Fsp3) is 0.389. The van der Waals surface area contributed by atoms with Gasteiger partial charge < -0.3 is 15.0 Å². The van der Waals surface area contributed by atoms with E-state index in [0.717, 1.165) is 18.9 Å². The first-order valence-corrected chi connectivity index (χ1v) is 9.25. The minimum Gasteiger partial charge on any atom is -0.476 e. The molecule has 6 nitrogen and oxygen atoms in total. The Kier molecular flexibility index (Phi) is 6.16. The molecule has 1 aliphatic rings. The zero-order valence-corrected chi connectivity index (χ0v) is 16.0. The smallest absolute Gasteiger partial charge is 0.252 e. The Bertz CT molecular complexity index is 795. The van der Waals surface area contributed by atoms with Crippen LogP contribution in [0.2, 0.25) is 10.0 Å². The molecule has 0 atom stereocenters. The van der Waals surface area contributed by atoms with Gasteiger partial charge in [0, 0.05) is 24.2 Å². The number of nitrogens with zero attached hydrogens (tertiary/aromatic N) is 3. The number of halogens is 2. The van der Waals surface area contributed by atoms with Crippen molar-refractivity contribution in [3.8, 4) is 5.88 Å². The van der Waals surface area contributed by atoms with Gasteiger partial charge in [-0.05, 0) is 38.0 Å². The first kappa shape index (κ1) is 18.7. The second-order valence-corrected chi connectivity index (χ2v) is 6.88. The molecule has 138 valence electrons. The van der Waals surface area contributed by atoms with E-state index >= 15 is 0 Å². The van der Waals surface area contributed by atoms with E-state index in [2.05, 4.69) is 20.2 Å². The molecule has 26 heavy (non-hydrogen) atoms. The lowest BCUT2D eigenvalue weighted by Crippen LogP contribution is -2.28. The van der Waals surface area contributed by atoms with E-state index < -0.39 is 0 Å². The van der Waals surface area contributed by atoms with E-state index in [-0.39, 0.29) is 5.91 Å². The number of anilines is 1. The third kappa shape index (κ3) is 4.77. The van der Waals surface area contributed by atoms with E-state index in [9.17, 15) is 4.79 Å². The molecule has 0 aliphatic carbocycles. The highest BCUT2D eigenvalue weighted by atomic mass is 35.5. The maximum Gasteiger partial charge on any atom is 0.252 e. The summed E-state index contributed by atoms with van der Waals surface area (Å²) in [4.78, 5) is 23.2. The minimum absolute atomic E-state index is 0.291. The molecular weight excluding hydrogens is 375 g/mol. The predicted molar refractivity (Wildman–Crippen MR) is 103 cm³/mol. The van der Waals surface area contributed by atoms with Crippen molar-refractivity contribution in [3.05, 3.63) is 45.7 Å². The van der Waals surface area contributed by atoms with E-state index in [1.807, 2.05) is 13.0 Å². The molecule has 3 rings (SSSR count). The van der Waals surface area contributed by atoms with Crippen molar-refractivity contribution in [2.45, 2.75) is 19.8 Å². The summed E-state index contributed by atoms with van der Waals surface area (Å²) < 4.78 is 5.68. The molecule has 1 amide bonds. The van der Waals surface area contributed by atoms with Gasteiger partial charge in [0.15, 0.2) is 0 Å². The summed E-state index contributed by atoms with van der Waals surface area (Å²) in [5.41, 5.74) is 0.341. The summed E-state index contributed by atoms with van der Waals surface area (Å²) in [5, 5.41) is 3.58. The Morgan fingerprint density at radius 3 is 2.77 bits per heavy atom. The van der Waals surface area contributed by atoms with Crippen molar-refractivity contribution in [1.29, 1.82) is 0 Å². The number of carbonyl (C=O) groups excluding carboxylic acids is 1. The number of carbonyl (C=O) groups is 1. The van der Waals surface area contributed by atoms with Gasteiger partial charge in [-0.25, -0.2) is 4.98 Å². The maximum absolute atomic E-state index is 12.2. The van der Waals surface area contributed by atoms with Crippen LogP contribution in [0.15, 0.2) is 24.3 Å². The number of aryl methyl sites for hydroxylation is 1. The van der Waals surface area contributed by atoms with Gasteiger partial charge in [0.1, 0.15) is 18.2 Å². The fourth-order valence-electron chi connectivity index (χ4n) is 2.79. The highest BCUT2D eigenvalue weighted by Crippen LogP contribution is 2.22. The monoisotopic (exact) mass is 394 g/mol. The van der Waals surface area contributed by atoms with Gasteiger partial charge in [0.05, 0.1) is 17.1 Å². The molecule has 0 unspecified atom stereocenters. The number of nitrogens with one attached hydrogen (secondary N) is 1. The largest absolute Gasteiger partial charge is 0.476 e. The van der Waals surface area contributed by atoms with E-state index in [0.29, 0.717) is 40.5 Å². The number of hydrogen-bond donors (Lipinski definition) is 1. The molecule has 1 aliphatic heterocycles.